The molecule has 1 atom stereocenters. The minimum Gasteiger partial charge on any atom is -0.479 e. The van der Waals surface area contributed by atoms with Gasteiger partial charge in [-0.2, -0.15) is 0 Å². The maximum atomic E-state index is 13.8. The number of ether oxygens (including phenoxy) is 1. The molecule has 0 spiro atoms. The summed E-state index contributed by atoms with van der Waals surface area (Å²) in [6, 6.07) is 15.5. The van der Waals surface area contributed by atoms with Crippen LogP contribution in [0, 0.1) is 5.82 Å². The fraction of sp³-hybridized carbons (Fsp3) is 0.0952. The van der Waals surface area contributed by atoms with Crippen LogP contribution in [0.15, 0.2) is 76.5 Å². The molecule has 3 rings (SSSR count). The molecule has 0 saturated carbocycles. The molecule has 5 nitrogen and oxygen atoms in total. The van der Waals surface area contributed by atoms with Gasteiger partial charge in [-0.15, -0.1) is 0 Å². The van der Waals surface area contributed by atoms with Gasteiger partial charge in [-0.05, 0) is 49.4 Å². The second-order valence-electron chi connectivity index (χ2n) is 6.20. The van der Waals surface area contributed by atoms with E-state index in [0.717, 1.165) is 12.1 Å². The average Bonchev–Trinajstić information content (AvgIpc) is 2.70. The quantitative estimate of drug-likeness (QED) is 0.601. The molecule has 0 radical (unpaired) electrons. The maximum Gasteiger partial charge on any atom is 0.344 e. The molecule has 0 aromatic heterocycles. The van der Waals surface area contributed by atoms with E-state index in [4.69, 9.17) is 21.4 Å². The first kappa shape index (κ1) is 20.8. The number of sulfone groups is 1. The summed E-state index contributed by atoms with van der Waals surface area (Å²) in [6.07, 6.45) is -1.17. The molecular formula is C21H16ClFO5S. The number of carbonyl (C=O) groups is 1. The number of carboxylic acids is 1. The molecule has 0 fully saturated rings. The van der Waals surface area contributed by atoms with Crippen molar-refractivity contribution in [2.45, 2.75) is 22.8 Å². The van der Waals surface area contributed by atoms with E-state index in [1.165, 1.54) is 43.3 Å². The van der Waals surface area contributed by atoms with Crippen LogP contribution in [0.5, 0.6) is 5.75 Å². The van der Waals surface area contributed by atoms with E-state index in [0.29, 0.717) is 5.56 Å². The zero-order valence-corrected chi connectivity index (χ0v) is 16.7. The van der Waals surface area contributed by atoms with Crippen LogP contribution in [0.25, 0.3) is 11.1 Å². The van der Waals surface area contributed by atoms with E-state index in [1.54, 1.807) is 18.2 Å². The number of benzene rings is 3. The van der Waals surface area contributed by atoms with Gasteiger partial charge in [0.05, 0.1) is 9.79 Å². The van der Waals surface area contributed by atoms with Gasteiger partial charge in [0, 0.05) is 16.1 Å². The lowest BCUT2D eigenvalue weighted by Gasteiger charge is -2.16. The SMILES string of the molecule is CC(Oc1ccc(F)cc1-c1ccc(S(=O)(=O)c2ccccc2)cc1Cl)C(=O)O. The Kier molecular flexibility index (Phi) is 5.91. The standard InChI is InChI=1S/C21H16ClFO5S/c1-13(21(24)25)28-20-10-7-14(23)11-18(20)17-9-8-16(12-19(17)22)29(26,27)15-5-3-2-4-6-15/h2-13H,1H3,(H,24,25). The van der Waals surface area contributed by atoms with Crippen molar-refractivity contribution >= 4 is 27.4 Å². The first-order chi connectivity index (χ1) is 13.7. The van der Waals surface area contributed by atoms with E-state index in [1.807, 2.05) is 0 Å². The summed E-state index contributed by atoms with van der Waals surface area (Å²) >= 11 is 6.32. The highest BCUT2D eigenvalue weighted by molar-refractivity contribution is 7.91. The van der Waals surface area contributed by atoms with Gasteiger partial charge < -0.3 is 9.84 Å². The van der Waals surface area contributed by atoms with Crippen LogP contribution in [0.1, 0.15) is 6.92 Å². The summed E-state index contributed by atoms with van der Waals surface area (Å²) in [5, 5.41) is 9.11. The molecule has 0 aliphatic heterocycles. The minimum absolute atomic E-state index is 0.0183. The van der Waals surface area contributed by atoms with Gasteiger partial charge in [-0.3, -0.25) is 0 Å². The predicted octanol–water partition coefficient (Wildman–Crippen LogP) is 4.83. The van der Waals surface area contributed by atoms with Gasteiger partial charge in [0.2, 0.25) is 9.84 Å². The third-order valence-electron chi connectivity index (χ3n) is 4.19. The fourth-order valence-corrected chi connectivity index (χ4v) is 4.33. The minimum atomic E-state index is -3.78. The van der Waals surface area contributed by atoms with E-state index in [-0.39, 0.29) is 26.1 Å². The molecule has 0 bridgehead atoms. The van der Waals surface area contributed by atoms with Crippen LogP contribution < -0.4 is 4.74 Å². The first-order valence-corrected chi connectivity index (χ1v) is 10.4. The van der Waals surface area contributed by atoms with Crippen molar-refractivity contribution in [3.8, 4) is 16.9 Å². The molecule has 1 unspecified atom stereocenters. The predicted molar refractivity (Wildman–Crippen MR) is 106 cm³/mol. The fourth-order valence-electron chi connectivity index (χ4n) is 2.67. The second kappa shape index (κ2) is 8.23. The molecule has 0 aliphatic carbocycles. The third kappa shape index (κ3) is 4.41. The van der Waals surface area contributed by atoms with Crippen LogP contribution in [0.4, 0.5) is 4.39 Å². The lowest BCUT2D eigenvalue weighted by molar-refractivity contribution is -0.144. The molecule has 29 heavy (non-hydrogen) atoms. The second-order valence-corrected chi connectivity index (χ2v) is 8.55. The Morgan fingerprint density at radius 1 is 1.00 bits per heavy atom. The zero-order chi connectivity index (χ0) is 21.2. The van der Waals surface area contributed by atoms with E-state index >= 15 is 0 Å². The molecule has 0 heterocycles. The molecule has 150 valence electrons. The Morgan fingerprint density at radius 3 is 2.31 bits per heavy atom. The van der Waals surface area contributed by atoms with Crippen molar-refractivity contribution in [1.82, 2.24) is 0 Å². The van der Waals surface area contributed by atoms with E-state index < -0.39 is 27.7 Å². The Labute approximate surface area is 172 Å². The lowest BCUT2D eigenvalue weighted by atomic mass is 10.0. The highest BCUT2D eigenvalue weighted by atomic mass is 35.5. The molecule has 0 saturated heterocycles. The smallest absolute Gasteiger partial charge is 0.344 e. The first-order valence-electron chi connectivity index (χ1n) is 8.49. The number of carboxylic acid groups (broad SMARTS) is 1. The molecule has 0 aliphatic rings. The number of rotatable bonds is 6. The Bertz CT molecular complexity index is 1160. The average molecular weight is 435 g/mol. The number of hydrogen-bond donors (Lipinski definition) is 1. The summed E-state index contributed by atoms with van der Waals surface area (Å²) in [5.41, 5.74) is 0.525. The monoisotopic (exact) mass is 434 g/mol. The molecule has 3 aromatic carbocycles. The normalized spacial score (nSPS) is 12.4. The van der Waals surface area contributed by atoms with E-state index in [2.05, 4.69) is 0 Å². The largest absolute Gasteiger partial charge is 0.479 e. The Hall–Kier alpha value is -2.90. The molecule has 8 heteroatoms. The summed E-state index contributed by atoms with van der Waals surface area (Å²) in [7, 11) is -3.78. The van der Waals surface area contributed by atoms with Crippen molar-refractivity contribution in [2.75, 3.05) is 0 Å². The molecule has 3 aromatic rings. The van der Waals surface area contributed by atoms with Gasteiger partial charge in [0.1, 0.15) is 11.6 Å². The lowest BCUT2D eigenvalue weighted by Crippen LogP contribution is -2.23. The van der Waals surface area contributed by atoms with Crippen LogP contribution in [-0.2, 0) is 14.6 Å². The van der Waals surface area contributed by atoms with E-state index in [9.17, 15) is 17.6 Å². The topological polar surface area (TPSA) is 80.7 Å². The molecule has 0 amide bonds. The van der Waals surface area contributed by atoms with Crippen molar-refractivity contribution < 1.29 is 27.4 Å². The summed E-state index contributed by atoms with van der Waals surface area (Å²) in [5.74, 6) is -1.65. The number of halogens is 2. The summed E-state index contributed by atoms with van der Waals surface area (Å²) in [4.78, 5) is 11.2. The maximum absolute atomic E-state index is 13.8. The molecular weight excluding hydrogens is 419 g/mol. The van der Waals surface area contributed by atoms with Crippen LogP contribution in [0.3, 0.4) is 0 Å². The Balaban J connectivity index is 2.06. The van der Waals surface area contributed by atoms with Crippen LogP contribution >= 0.6 is 11.6 Å². The third-order valence-corrected chi connectivity index (χ3v) is 6.27. The van der Waals surface area contributed by atoms with Crippen LogP contribution in [-0.4, -0.2) is 25.6 Å². The number of hydrogen-bond acceptors (Lipinski definition) is 4. The van der Waals surface area contributed by atoms with Crippen LogP contribution in [0.2, 0.25) is 5.02 Å². The highest BCUT2D eigenvalue weighted by Gasteiger charge is 2.21. The van der Waals surface area contributed by atoms with Crippen molar-refractivity contribution in [3.63, 3.8) is 0 Å². The summed E-state index contributed by atoms with van der Waals surface area (Å²) in [6.45, 7) is 1.34. The number of aliphatic carboxylic acids is 1. The highest BCUT2D eigenvalue weighted by Crippen LogP contribution is 2.37. The zero-order valence-electron chi connectivity index (χ0n) is 15.2. The Morgan fingerprint density at radius 2 is 1.69 bits per heavy atom. The summed E-state index contributed by atoms with van der Waals surface area (Å²) < 4.78 is 44.8. The van der Waals surface area contributed by atoms with Gasteiger partial charge in [-0.1, -0.05) is 35.9 Å². The van der Waals surface area contributed by atoms with Crippen molar-refractivity contribution in [2.24, 2.45) is 0 Å². The van der Waals surface area contributed by atoms with Gasteiger partial charge in [-0.25, -0.2) is 17.6 Å². The van der Waals surface area contributed by atoms with Gasteiger partial charge >= 0.3 is 5.97 Å². The van der Waals surface area contributed by atoms with Gasteiger partial charge in [0.15, 0.2) is 6.10 Å². The van der Waals surface area contributed by atoms with Crippen molar-refractivity contribution in [3.05, 3.63) is 77.6 Å². The molecule has 1 N–H and O–H groups in total. The van der Waals surface area contributed by atoms with Gasteiger partial charge in [0.25, 0.3) is 0 Å². The van der Waals surface area contributed by atoms with Crippen molar-refractivity contribution in [1.29, 1.82) is 0 Å².